The number of nitrogens with zero attached hydrogens (tertiary/aromatic N) is 2. The van der Waals surface area contributed by atoms with E-state index in [9.17, 15) is 9.59 Å². The third kappa shape index (κ3) is 4.48. The Kier molecular flexibility index (Phi) is 6.39. The summed E-state index contributed by atoms with van der Waals surface area (Å²) >= 11 is 0. The maximum absolute atomic E-state index is 12.3. The van der Waals surface area contributed by atoms with E-state index in [2.05, 4.69) is 0 Å². The molecule has 0 bridgehead atoms. The average Bonchev–Trinajstić information content (AvgIpc) is 2.53. The second-order valence-corrected chi connectivity index (χ2v) is 5.15. The van der Waals surface area contributed by atoms with Gasteiger partial charge in [-0.15, -0.1) is 0 Å². The van der Waals surface area contributed by atoms with E-state index in [1.54, 1.807) is 13.8 Å². The van der Waals surface area contributed by atoms with Crippen molar-refractivity contribution in [3.63, 3.8) is 0 Å². The molecule has 1 rings (SSSR count). The van der Waals surface area contributed by atoms with E-state index in [0.717, 1.165) is 5.56 Å². The fraction of sp³-hybridized carbons (Fsp3) is 0.438. The van der Waals surface area contributed by atoms with Gasteiger partial charge in [-0.2, -0.15) is 5.26 Å². The SMILES string of the molecule is COC(=O)C(C)(C)N(CCC#N)C(=O)OCc1ccccc1. The van der Waals surface area contributed by atoms with Crippen molar-refractivity contribution in [2.24, 2.45) is 0 Å². The van der Waals surface area contributed by atoms with Crippen molar-refractivity contribution >= 4 is 12.1 Å². The molecule has 0 aromatic heterocycles. The van der Waals surface area contributed by atoms with E-state index < -0.39 is 17.6 Å². The van der Waals surface area contributed by atoms with Crippen molar-refractivity contribution in [3.8, 4) is 6.07 Å². The minimum absolute atomic E-state index is 0.0895. The maximum Gasteiger partial charge on any atom is 0.411 e. The van der Waals surface area contributed by atoms with Gasteiger partial charge in [-0.3, -0.25) is 4.90 Å². The predicted octanol–water partition coefficient (Wildman–Crippen LogP) is 2.49. The molecule has 0 spiro atoms. The van der Waals surface area contributed by atoms with Gasteiger partial charge in [0.2, 0.25) is 0 Å². The first kappa shape index (κ1) is 17.5. The number of amides is 1. The van der Waals surface area contributed by atoms with Gasteiger partial charge in [0.25, 0.3) is 0 Å². The van der Waals surface area contributed by atoms with Crippen LogP contribution in [0.3, 0.4) is 0 Å². The summed E-state index contributed by atoms with van der Waals surface area (Å²) in [5.41, 5.74) is -0.369. The third-order valence-electron chi connectivity index (χ3n) is 3.23. The van der Waals surface area contributed by atoms with Gasteiger partial charge in [0, 0.05) is 6.54 Å². The summed E-state index contributed by atoms with van der Waals surface area (Å²) in [6.07, 6.45) is -0.560. The molecule has 6 heteroatoms. The number of hydrogen-bond acceptors (Lipinski definition) is 5. The Bertz CT molecular complexity index is 549. The summed E-state index contributed by atoms with van der Waals surface area (Å²) in [4.78, 5) is 25.4. The van der Waals surface area contributed by atoms with Crippen LogP contribution in [0, 0.1) is 11.3 Å². The van der Waals surface area contributed by atoms with Crippen LogP contribution in [0.5, 0.6) is 0 Å². The molecule has 0 aliphatic rings. The van der Waals surface area contributed by atoms with Crippen molar-refractivity contribution in [1.29, 1.82) is 5.26 Å². The zero-order chi connectivity index (χ0) is 16.6. The lowest BCUT2D eigenvalue weighted by atomic mass is 10.0. The maximum atomic E-state index is 12.3. The van der Waals surface area contributed by atoms with Crippen LogP contribution in [-0.4, -0.2) is 36.2 Å². The molecular formula is C16H20N2O4. The highest BCUT2D eigenvalue weighted by Gasteiger charge is 2.39. The largest absolute Gasteiger partial charge is 0.467 e. The van der Waals surface area contributed by atoms with E-state index in [1.807, 2.05) is 36.4 Å². The zero-order valence-electron chi connectivity index (χ0n) is 13.0. The summed E-state index contributed by atoms with van der Waals surface area (Å²) in [6.45, 7) is 3.30. The van der Waals surface area contributed by atoms with Gasteiger partial charge in [-0.05, 0) is 19.4 Å². The number of nitriles is 1. The van der Waals surface area contributed by atoms with Crippen LogP contribution in [0.4, 0.5) is 4.79 Å². The van der Waals surface area contributed by atoms with Crippen molar-refractivity contribution in [2.45, 2.75) is 32.4 Å². The molecule has 118 valence electrons. The summed E-state index contributed by atoms with van der Waals surface area (Å²) in [5, 5.41) is 8.72. The van der Waals surface area contributed by atoms with Crippen LogP contribution < -0.4 is 0 Å². The first-order valence-electron chi connectivity index (χ1n) is 6.87. The first-order valence-corrected chi connectivity index (χ1v) is 6.87. The molecule has 0 saturated heterocycles. The molecule has 0 saturated carbocycles. The molecule has 0 aliphatic carbocycles. The number of ether oxygens (including phenoxy) is 2. The van der Waals surface area contributed by atoms with Gasteiger partial charge in [0.1, 0.15) is 12.1 Å². The quantitative estimate of drug-likeness (QED) is 0.754. The number of carbonyl (C=O) groups excluding carboxylic acids is 2. The van der Waals surface area contributed by atoms with Crippen LogP contribution in [0.1, 0.15) is 25.8 Å². The molecule has 0 heterocycles. The third-order valence-corrected chi connectivity index (χ3v) is 3.23. The minimum atomic E-state index is -1.21. The van der Waals surface area contributed by atoms with E-state index >= 15 is 0 Å². The summed E-state index contributed by atoms with van der Waals surface area (Å²) in [6, 6.07) is 11.2. The molecular weight excluding hydrogens is 284 g/mol. The summed E-state index contributed by atoms with van der Waals surface area (Å²) in [5.74, 6) is -0.567. The summed E-state index contributed by atoms with van der Waals surface area (Å²) < 4.78 is 9.96. The number of esters is 1. The number of rotatable bonds is 6. The molecule has 1 aromatic rings. The molecule has 22 heavy (non-hydrogen) atoms. The van der Waals surface area contributed by atoms with Crippen LogP contribution in [0.15, 0.2) is 30.3 Å². The Hall–Kier alpha value is -2.55. The molecule has 0 fully saturated rings. The Morgan fingerprint density at radius 2 is 1.91 bits per heavy atom. The zero-order valence-corrected chi connectivity index (χ0v) is 13.0. The second kappa shape index (κ2) is 8.03. The van der Waals surface area contributed by atoms with Crippen molar-refractivity contribution in [3.05, 3.63) is 35.9 Å². The molecule has 0 radical (unpaired) electrons. The highest BCUT2D eigenvalue weighted by atomic mass is 16.6. The smallest absolute Gasteiger partial charge is 0.411 e. The average molecular weight is 304 g/mol. The summed E-state index contributed by atoms with van der Waals surface area (Å²) in [7, 11) is 1.25. The number of methoxy groups -OCH3 is 1. The highest BCUT2D eigenvalue weighted by molar-refractivity contribution is 5.84. The normalized spacial score (nSPS) is 10.5. The topological polar surface area (TPSA) is 79.6 Å². The monoisotopic (exact) mass is 304 g/mol. The molecule has 1 amide bonds. The predicted molar refractivity (Wildman–Crippen MR) is 79.7 cm³/mol. The van der Waals surface area contributed by atoms with Crippen LogP contribution in [0.2, 0.25) is 0 Å². The van der Waals surface area contributed by atoms with Gasteiger partial charge < -0.3 is 9.47 Å². The lowest BCUT2D eigenvalue weighted by molar-refractivity contribution is -0.152. The lowest BCUT2D eigenvalue weighted by Crippen LogP contribution is -2.54. The van der Waals surface area contributed by atoms with Crippen LogP contribution in [0.25, 0.3) is 0 Å². The van der Waals surface area contributed by atoms with Crippen LogP contribution in [-0.2, 0) is 20.9 Å². The van der Waals surface area contributed by atoms with E-state index in [0.29, 0.717) is 0 Å². The fourth-order valence-corrected chi connectivity index (χ4v) is 1.92. The van der Waals surface area contributed by atoms with Crippen molar-refractivity contribution in [2.75, 3.05) is 13.7 Å². The Morgan fingerprint density at radius 1 is 1.27 bits per heavy atom. The van der Waals surface area contributed by atoms with E-state index in [4.69, 9.17) is 14.7 Å². The molecule has 0 N–H and O–H groups in total. The molecule has 0 aliphatic heterocycles. The first-order chi connectivity index (χ1) is 10.4. The van der Waals surface area contributed by atoms with Gasteiger partial charge in [0.05, 0.1) is 19.6 Å². The van der Waals surface area contributed by atoms with Crippen LogP contribution >= 0.6 is 0 Å². The fourth-order valence-electron chi connectivity index (χ4n) is 1.92. The highest BCUT2D eigenvalue weighted by Crippen LogP contribution is 2.19. The Morgan fingerprint density at radius 3 is 2.45 bits per heavy atom. The number of hydrogen-bond donors (Lipinski definition) is 0. The lowest BCUT2D eigenvalue weighted by Gasteiger charge is -2.34. The minimum Gasteiger partial charge on any atom is -0.467 e. The van der Waals surface area contributed by atoms with Gasteiger partial charge in [-0.1, -0.05) is 30.3 Å². The van der Waals surface area contributed by atoms with Gasteiger partial charge >= 0.3 is 12.1 Å². The van der Waals surface area contributed by atoms with E-state index in [1.165, 1.54) is 12.0 Å². The Balaban J connectivity index is 2.80. The second-order valence-electron chi connectivity index (χ2n) is 5.15. The molecule has 6 nitrogen and oxygen atoms in total. The molecule has 0 unspecified atom stereocenters. The Labute approximate surface area is 130 Å². The van der Waals surface area contributed by atoms with Gasteiger partial charge in [-0.25, -0.2) is 9.59 Å². The molecule has 1 aromatic carbocycles. The van der Waals surface area contributed by atoms with Crippen molar-refractivity contribution in [1.82, 2.24) is 4.90 Å². The van der Waals surface area contributed by atoms with E-state index in [-0.39, 0.29) is 19.6 Å². The molecule has 0 atom stereocenters. The number of carbonyl (C=O) groups is 2. The van der Waals surface area contributed by atoms with Crippen molar-refractivity contribution < 1.29 is 19.1 Å². The standard InChI is InChI=1S/C16H20N2O4/c1-16(2,14(19)21-3)18(11-7-10-17)15(20)22-12-13-8-5-4-6-9-13/h4-6,8-9H,7,11-12H2,1-3H3. The van der Waals surface area contributed by atoms with Gasteiger partial charge in [0.15, 0.2) is 0 Å². The number of benzene rings is 1.